The molecule has 29 heavy (non-hydrogen) atoms. The number of amides is 1. The van der Waals surface area contributed by atoms with Crippen LogP contribution in [0.4, 0.5) is 0 Å². The summed E-state index contributed by atoms with van der Waals surface area (Å²) in [5, 5.41) is 3.17. The van der Waals surface area contributed by atoms with Gasteiger partial charge in [-0.05, 0) is 24.6 Å². The van der Waals surface area contributed by atoms with Crippen molar-refractivity contribution in [2.45, 2.75) is 25.9 Å². The number of hydrogen-bond donors (Lipinski definition) is 1. The van der Waals surface area contributed by atoms with E-state index in [4.69, 9.17) is 0 Å². The molecule has 150 valence electrons. The van der Waals surface area contributed by atoms with Crippen molar-refractivity contribution >= 4 is 17.6 Å². The quantitative estimate of drug-likeness (QED) is 0.781. The van der Waals surface area contributed by atoms with Gasteiger partial charge in [-0.25, -0.2) is 0 Å². The number of nitrogens with zero attached hydrogens (tertiary/aromatic N) is 4. The van der Waals surface area contributed by atoms with Crippen molar-refractivity contribution in [3.63, 3.8) is 0 Å². The summed E-state index contributed by atoms with van der Waals surface area (Å²) >= 11 is 0. The summed E-state index contributed by atoms with van der Waals surface area (Å²) in [6.07, 6.45) is 3.75. The molecular weight excluding hydrogens is 366 g/mol. The molecule has 1 amide bonds. The fourth-order valence-corrected chi connectivity index (χ4v) is 3.64. The van der Waals surface area contributed by atoms with Gasteiger partial charge in [0.15, 0.2) is 5.78 Å². The van der Waals surface area contributed by atoms with Crippen LogP contribution in [0.15, 0.2) is 53.8 Å². The number of aryl methyl sites for hydroxylation is 1. The van der Waals surface area contributed by atoms with E-state index in [1.165, 1.54) is 5.56 Å². The standard InChI is InChI=1S/C22H25N5O2/c1-16-2-4-18(5-3-16)20(28)14-19-21(29)25-22(24-19)27-12-10-26(11-13-27)15-17-6-8-23-9-7-17/h2-9,19H,10-15H2,1H3,(H,24,25,29). The molecule has 7 nitrogen and oxygen atoms in total. The number of aromatic nitrogens is 1. The summed E-state index contributed by atoms with van der Waals surface area (Å²) in [7, 11) is 0. The fraction of sp³-hybridized carbons (Fsp3) is 0.364. The summed E-state index contributed by atoms with van der Waals surface area (Å²) in [4.78, 5) is 37.5. The molecule has 0 spiro atoms. The SMILES string of the molecule is Cc1ccc(C(=O)CC2NC(N3CCN(Cc4ccncc4)CC3)=NC2=O)cc1. The number of rotatable bonds is 5. The molecule has 1 unspecified atom stereocenters. The van der Waals surface area contributed by atoms with Gasteiger partial charge in [-0.1, -0.05) is 29.8 Å². The van der Waals surface area contributed by atoms with Crippen molar-refractivity contribution < 1.29 is 9.59 Å². The Kier molecular flexibility index (Phi) is 5.67. The molecule has 0 bridgehead atoms. The highest BCUT2D eigenvalue weighted by atomic mass is 16.2. The normalized spacial score (nSPS) is 19.8. The third-order valence-corrected chi connectivity index (χ3v) is 5.41. The first-order valence-electron chi connectivity index (χ1n) is 9.93. The molecule has 3 heterocycles. The van der Waals surface area contributed by atoms with Crippen molar-refractivity contribution in [3.8, 4) is 0 Å². The Bertz CT molecular complexity index is 903. The maximum absolute atomic E-state index is 12.5. The predicted octanol–water partition coefficient (Wildman–Crippen LogP) is 1.64. The maximum atomic E-state index is 12.5. The molecular formula is C22H25N5O2. The summed E-state index contributed by atoms with van der Waals surface area (Å²) in [5.41, 5.74) is 2.98. The lowest BCUT2D eigenvalue weighted by Crippen LogP contribution is -2.52. The molecule has 1 aromatic heterocycles. The van der Waals surface area contributed by atoms with E-state index in [9.17, 15) is 9.59 Å². The summed E-state index contributed by atoms with van der Waals surface area (Å²) in [5.74, 6) is 0.286. The Morgan fingerprint density at radius 3 is 2.45 bits per heavy atom. The van der Waals surface area contributed by atoms with Crippen LogP contribution in [0.1, 0.15) is 27.9 Å². The van der Waals surface area contributed by atoms with Crippen LogP contribution >= 0.6 is 0 Å². The molecule has 1 atom stereocenters. The highest BCUT2D eigenvalue weighted by Crippen LogP contribution is 2.14. The van der Waals surface area contributed by atoms with Gasteiger partial charge >= 0.3 is 0 Å². The fourth-order valence-electron chi connectivity index (χ4n) is 3.64. The Hall–Kier alpha value is -3.06. The second-order valence-electron chi connectivity index (χ2n) is 7.58. The summed E-state index contributed by atoms with van der Waals surface area (Å²) < 4.78 is 0. The number of pyridine rings is 1. The molecule has 0 saturated carbocycles. The topological polar surface area (TPSA) is 77.9 Å². The molecule has 2 aliphatic rings. The van der Waals surface area contributed by atoms with Gasteiger partial charge in [0.2, 0.25) is 5.96 Å². The smallest absolute Gasteiger partial charge is 0.271 e. The van der Waals surface area contributed by atoms with E-state index in [0.717, 1.165) is 38.3 Å². The van der Waals surface area contributed by atoms with Crippen molar-refractivity contribution in [1.29, 1.82) is 0 Å². The number of carbonyl (C=O) groups is 2. The van der Waals surface area contributed by atoms with Gasteiger partial charge in [0, 0.05) is 57.1 Å². The number of carbonyl (C=O) groups excluding carboxylic acids is 2. The first-order valence-corrected chi connectivity index (χ1v) is 9.93. The van der Waals surface area contributed by atoms with Crippen LogP contribution in [-0.4, -0.2) is 64.7 Å². The van der Waals surface area contributed by atoms with Crippen LogP contribution < -0.4 is 5.32 Å². The lowest BCUT2D eigenvalue weighted by atomic mass is 10.0. The molecule has 7 heteroatoms. The Labute approximate surface area is 170 Å². The molecule has 4 rings (SSSR count). The third kappa shape index (κ3) is 4.68. The Morgan fingerprint density at radius 1 is 1.07 bits per heavy atom. The van der Waals surface area contributed by atoms with Crippen LogP contribution in [0.25, 0.3) is 0 Å². The average Bonchev–Trinajstić information content (AvgIpc) is 3.10. The van der Waals surface area contributed by atoms with Gasteiger partial charge < -0.3 is 10.2 Å². The highest BCUT2D eigenvalue weighted by molar-refractivity contribution is 6.07. The lowest BCUT2D eigenvalue weighted by Gasteiger charge is -2.35. The minimum atomic E-state index is -0.575. The first kappa shape index (κ1) is 19.3. The predicted molar refractivity (Wildman–Crippen MR) is 111 cm³/mol. The van der Waals surface area contributed by atoms with Crippen molar-refractivity contribution in [2.75, 3.05) is 26.2 Å². The molecule has 2 aromatic rings. The molecule has 2 aliphatic heterocycles. The second kappa shape index (κ2) is 8.53. The number of Topliss-reactive ketones (excluding diaryl/α,β-unsaturated/α-hetero) is 1. The average molecular weight is 391 g/mol. The molecule has 0 radical (unpaired) electrons. The number of hydrogen-bond acceptors (Lipinski definition) is 6. The number of ketones is 1. The maximum Gasteiger partial charge on any atom is 0.271 e. The van der Waals surface area contributed by atoms with Crippen LogP contribution in [0.2, 0.25) is 0 Å². The number of piperazine rings is 1. The number of aliphatic imine (C=N–C) groups is 1. The highest BCUT2D eigenvalue weighted by Gasteiger charge is 2.32. The van der Waals surface area contributed by atoms with E-state index in [-0.39, 0.29) is 18.1 Å². The van der Waals surface area contributed by atoms with Gasteiger partial charge in [0.25, 0.3) is 5.91 Å². The zero-order chi connectivity index (χ0) is 20.2. The van der Waals surface area contributed by atoms with Gasteiger partial charge in [-0.2, -0.15) is 4.99 Å². The van der Waals surface area contributed by atoms with Crippen LogP contribution in [0.5, 0.6) is 0 Å². The third-order valence-electron chi connectivity index (χ3n) is 5.41. The zero-order valence-electron chi connectivity index (χ0n) is 16.5. The number of nitrogens with one attached hydrogen (secondary N) is 1. The number of benzene rings is 1. The van der Waals surface area contributed by atoms with E-state index in [0.29, 0.717) is 11.5 Å². The van der Waals surface area contributed by atoms with Crippen molar-refractivity contribution in [3.05, 3.63) is 65.5 Å². The van der Waals surface area contributed by atoms with Gasteiger partial charge in [0.1, 0.15) is 6.04 Å². The largest absolute Gasteiger partial charge is 0.343 e. The van der Waals surface area contributed by atoms with Crippen molar-refractivity contribution in [1.82, 2.24) is 20.1 Å². The van der Waals surface area contributed by atoms with E-state index in [1.807, 2.05) is 43.6 Å². The summed E-state index contributed by atoms with van der Waals surface area (Å²) in [6, 6.07) is 10.9. The van der Waals surface area contributed by atoms with Gasteiger partial charge in [-0.3, -0.25) is 19.5 Å². The molecule has 1 aromatic carbocycles. The van der Waals surface area contributed by atoms with Gasteiger partial charge in [-0.15, -0.1) is 0 Å². The van der Waals surface area contributed by atoms with Crippen molar-refractivity contribution in [2.24, 2.45) is 4.99 Å². The van der Waals surface area contributed by atoms with Crippen LogP contribution in [0, 0.1) is 6.92 Å². The van der Waals surface area contributed by atoms with Gasteiger partial charge in [0.05, 0.1) is 0 Å². The molecule has 1 fully saturated rings. The Morgan fingerprint density at radius 2 is 1.76 bits per heavy atom. The monoisotopic (exact) mass is 391 g/mol. The minimum Gasteiger partial charge on any atom is -0.343 e. The van der Waals surface area contributed by atoms with Crippen LogP contribution in [-0.2, 0) is 11.3 Å². The van der Waals surface area contributed by atoms with E-state index in [2.05, 4.69) is 25.1 Å². The van der Waals surface area contributed by atoms with E-state index < -0.39 is 6.04 Å². The van der Waals surface area contributed by atoms with E-state index in [1.54, 1.807) is 12.1 Å². The Balaban J connectivity index is 1.28. The lowest BCUT2D eigenvalue weighted by molar-refractivity contribution is -0.118. The number of guanidine groups is 1. The zero-order valence-corrected chi connectivity index (χ0v) is 16.5. The summed E-state index contributed by atoms with van der Waals surface area (Å²) in [6.45, 7) is 6.25. The van der Waals surface area contributed by atoms with E-state index >= 15 is 0 Å². The molecule has 1 saturated heterocycles. The minimum absolute atomic E-state index is 0.0468. The first-order chi connectivity index (χ1) is 14.1. The molecule has 1 N–H and O–H groups in total. The molecule has 0 aliphatic carbocycles. The second-order valence-corrected chi connectivity index (χ2v) is 7.58. The van der Waals surface area contributed by atoms with Crippen LogP contribution in [0.3, 0.4) is 0 Å².